The van der Waals surface area contributed by atoms with Crippen molar-refractivity contribution in [3.8, 4) is 17.1 Å². The van der Waals surface area contributed by atoms with Crippen LogP contribution in [0.15, 0.2) is 80.5 Å². The van der Waals surface area contributed by atoms with Crippen molar-refractivity contribution in [3.05, 3.63) is 91.8 Å². The third-order valence-electron chi connectivity index (χ3n) is 4.01. The number of halogens is 3. The summed E-state index contributed by atoms with van der Waals surface area (Å²) >= 11 is 6.90. The highest BCUT2D eigenvalue weighted by Crippen LogP contribution is 2.29. The average molecular weight is 474 g/mol. The largest absolute Gasteiger partial charge is 0.268 e. The monoisotopic (exact) mass is 472 g/mol. The van der Waals surface area contributed by atoms with Crippen molar-refractivity contribution in [1.29, 1.82) is 0 Å². The molecule has 3 aromatic carbocycles. The Kier molecular flexibility index (Phi) is 4.46. The fraction of sp³-hybridized carbons (Fsp3) is 0. The molecule has 26 heavy (non-hydrogen) atoms. The number of hydrogen-bond donors (Lipinski definition) is 0. The Hall–Kier alpha value is -2.31. The number of benzene rings is 3. The van der Waals surface area contributed by atoms with Crippen LogP contribution in [0.4, 0.5) is 4.39 Å². The van der Waals surface area contributed by atoms with Gasteiger partial charge in [-0.05, 0) is 52.3 Å². The first-order valence-electron chi connectivity index (χ1n) is 7.78. The van der Waals surface area contributed by atoms with Crippen LogP contribution in [0, 0.1) is 5.82 Å². The van der Waals surface area contributed by atoms with Crippen molar-refractivity contribution in [2.24, 2.45) is 0 Å². The zero-order valence-corrected chi connectivity index (χ0v) is 16.5. The van der Waals surface area contributed by atoms with E-state index in [1.807, 2.05) is 36.4 Å². The predicted octanol–water partition coefficient (Wildman–Crippen LogP) is 5.72. The molecule has 0 amide bonds. The number of aromatic nitrogens is 2. The van der Waals surface area contributed by atoms with Crippen LogP contribution in [-0.2, 0) is 0 Å². The Labute approximate surface area is 165 Å². The standard InChI is InChI=1S/C20H11Br2FN2O/c21-13-10-16-18(17(22)11-13)24-19(12-4-2-1-3-5-12)25(20(16)26)15-8-6-14(23)7-9-15/h1-11H. The molecule has 0 unspecified atom stereocenters. The number of fused-ring (bicyclic) bond motifs is 1. The number of nitrogens with zero attached hydrogens (tertiary/aromatic N) is 2. The Morgan fingerprint density at radius 2 is 1.62 bits per heavy atom. The first-order chi connectivity index (χ1) is 12.5. The van der Waals surface area contributed by atoms with Gasteiger partial charge in [0.2, 0.25) is 0 Å². The summed E-state index contributed by atoms with van der Waals surface area (Å²) in [5.74, 6) is 0.139. The molecule has 0 aliphatic carbocycles. The summed E-state index contributed by atoms with van der Waals surface area (Å²) in [5, 5.41) is 0.468. The van der Waals surface area contributed by atoms with Gasteiger partial charge >= 0.3 is 0 Å². The molecule has 0 saturated heterocycles. The minimum Gasteiger partial charge on any atom is -0.268 e. The van der Waals surface area contributed by atoms with E-state index in [-0.39, 0.29) is 11.4 Å². The van der Waals surface area contributed by atoms with Crippen LogP contribution in [0.1, 0.15) is 0 Å². The van der Waals surface area contributed by atoms with Gasteiger partial charge in [0.1, 0.15) is 11.6 Å². The fourth-order valence-corrected chi connectivity index (χ4v) is 4.14. The van der Waals surface area contributed by atoms with Crippen LogP contribution < -0.4 is 5.56 Å². The van der Waals surface area contributed by atoms with Gasteiger partial charge in [0.15, 0.2) is 0 Å². The third-order valence-corrected chi connectivity index (χ3v) is 5.07. The van der Waals surface area contributed by atoms with Gasteiger partial charge in [-0.25, -0.2) is 9.37 Å². The van der Waals surface area contributed by atoms with Crippen molar-refractivity contribution in [1.82, 2.24) is 9.55 Å². The lowest BCUT2D eigenvalue weighted by atomic mass is 10.1. The van der Waals surface area contributed by atoms with Crippen LogP contribution in [-0.4, -0.2) is 9.55 Å². The van der Waals surface area contributed by atoms with Crippen molar-refractivity contribution < 1.29 is 4.39 Å². The molecule has 6 heteroatoms. The Morgan fingerprint density at radius 1 is 0.923 bits per heavy atom. The van der Waals surface area contributed by atoms with Crippen molar-refractivity contribution in [2.75, 3.05) is 0 Å². The Balaban J connectivity index is 2.15. The molecule has 1 aromatic heterocycles. The van der Waals surface area contributed by atoms with Gasteiger partial charge in [-0.1, -0.05) is 46.3 Å². The van der Waals surface area contributed by atoms with E-state index in [0.29, 0.717) is 22.4 Å². The van der Waals surface area contributed by atoms with Crippen LogP contribution in [0.3, 0.4) is 0 Å². The molecule has 4 rings (SSSR count). The summed E-state index contributed by atoms with van der Waals surface area (Å²) in [5.41, 5.74) is 1.71. The highest BCUT2D eigenvalue weighted by Gasteiger charge is 2.16. The van der Waals surface area contributed by atoms with Gasteiger partial charge in [0, 0.05) is 14.5 Å². The number of rotatable bonds is 2. The highest BCUT2D eigenvalue weighted by molar-refractivity contribution is 9.11. The SMILES string of the molecule is O=c1c2cc(Br)cc(Br)c2nc(-c2ccccc2)n1-c1ccc(F)cc1. The lowest BCUT2D eigenvalue weighted by Crippen LogP contribution is -2.22. The maximum absolute atomic E-state index is 13.4. The zero-order chi connectivity index (χ0) is 18.3. The van der Waals surface area contributed by atoms with Crippen LogP contribution in [0.2, 0.25) is 0 Å². The van der Waals surface area contributed by atoms with E-state index in [4.69, 9.17) is 4.98 Å². The molecule has 0 atom stereocenters. The van der Waals surface area contributed by atoms with Crippen molar-refractivity contribution >= 4 is 42.8 Å². The smallest absolute Gasteiger partial charge is 0.266 e. The van der Waals surface area contributed by atoms with Gasteiger partial charge in [-0.3, -0.25) is 9.36 Å². The second-order valence-corrected chi connectivity index (χ2v) is 7.47. The molecular weight excluding hydrogens is 463 g/mol. The average Bonchev–Trinajstić information content (AvgIpc) is 2.64. The molecule has 0 aliphatic heterocycles. The minimum absolute atomic E-state index is 0.220. The molecule has 128 valence electrons. The van der Waals surface area contributed by atoms with Crippen LogP contribution in [0.5, 0.6) is 0 Å². The molecular formula is C20H11Br2FN2O. The van der Waals surface area contributed by atoms with Crippen molar-refractivity contribution in [2.45, 2.75) is 0 Å². The van der Waals surface area contributed by atoms with E-state index in [2.05, 4.69) is 31.9 Å². The predicted molar refractivity (Wildman–Crippen MR) is 108 cm³/mol. The van der Waals surface area contributed by atoms with E-state index in [9.17, 15) is 9.18 Å². The molecule has 1 heterocycles. The topological polar surface area (TPSA) is 34.9 Å². The number of hydrogen-bond acceptors (Lipinski definition) is 2. The maximum atomic E-state index is 13.4. The lowest BCUT2D eigenvalue weighted by Gasteiger charge is -2.14. The van der Waals surface area contributed by atoms with Crippen molar-refractivity contribution in [3.63, 3.8) is 0 Å². The van der Waals surface area contributed by atoms with E-state index < -0.39 is 0 Å². The highest BCUT2D eigenvalue weighted by atomic mass is 79.9. The van der Waals surface area contributed by atoms with E-state index in [1.54, 1.807) is 18.2 Å². The normalized spacial score (nSPS) is 11.0. The summed E-state index contributed by atoms with van der Waals surface area (Å²) in [6.45, 7) is 0. The van der Waals surface area contributed by atoms with E-state index in [0.717, 1.165) is 14.5 Å². The summed E-state index contributed by atoms with van der Waals surface area (Å²) < 4.78 is 16.4. The Morgan fingerprint density at radius 3 is 2.31 bits per heavy atom. The Bertz CT molecular complexity index is 1170. The third kappa shape index (κ3) is 2.99. The summed E-state index contributed by atoms with van der Waals surface area (Å²) in [7, 11) is 0. The summed E-state index contributed by atoms with van der Waals surface area (Å²) in [6.07, 6.45) is 0. The first kappa shape index (κ1) is 17.1. The van der Waals surface area contributed by atoms with Gasteiger partial charge in [-0.2, -0.15) is 0 Å². The van der Waals surface area contributed by atoms with Gasteiger partial charge < -0.3 is 0 Å². The molecule has 0 saturated carbocycles. The second-order valence-electron chi connectivity index (χ2n) is 5.70. The minimum atomic E-state index is -0.359. The van der Waals surface area contributed by atoms with Gasteiger partial charge in [0.25, 0.3) is 5.56 Å². The quantitative estimate of drug-likeness (QED) is 0.373. The molecule has 0 spiro atoms. The molecule has 0 bridgehead atoms. The fourth-order valence-electron chi connectivity index (χ4n) is 2.83. The zero-order valence-electron chi connectivity index (χ0n) is 13.3. The van der Waals surface area contributed by atoms with Gasteiger partial charge in [-0.15, -0.1) is 0 Å². The lowest BCUT2D eigenvalue weighted by molar-refractivity contribution is 0.627. The van der Waals surface area contributed by atoms with Crippen LogP contribution >= 0.6 is 31.9 Å². The summed E-state index contributed by atoms with van der Waals surface area (Å²) in [6, 6.07) is 18.9. The van der Waals surface area contributed by atoms with E-state index >= 15 is 0 Å². The molecule has 4 aromatic rings. The molecule has 3 nitrogen and oxygen atoms in total. The summed E-state index contributed by atoms with van der Waals surface area (Å²) in [4.78, 5) is 18.0. The first-order valence-corrected chi connectivity index (χ1v) is 9.36. The van der Waals surface area contributed by atoms with Gasteiger partial charge in [0.05, 0.1) is 16.6 Å². The molecule has 0 N–H and O–H groups in total. The van der Waals surface area contributed by atoms with Crippen LogP contribution in [0.25, 0.3) is 28.0 Å². The van der Waals surface area contributed by atoms with E-state index in [1.165, 1.54) is 16.7 Å². The molecule has 0 radical (unpaired) electrons. The molecule has 0 aliphatic rings. The molecule has 0 fully saturated rings. The maximum Gasteiger partial charge on any atom is 0.266 e. The second kappa shape index (κ2) is 6.78.